The Balaban J connectivity index is 1.63. The minimum absolute atomic E-state index is 0.780. The number of benzene rings is 1. The number of halogens is 1. The number of rotatable bonds is 3. The SMILES string of the molecule is Brc1ccc(/C=N/Nc2ncnc3sc4c(c23)CCNC4)cc1. The summed E-state index contributed by atoms with van der Waals surface area (Å²) in [5.74, 6) is 0.780. The number of hydrazone groups is 1. The molecule has 23 heavy (non-hydrogen) atoms. The summed E-state index contributed by atoms with van der Waals surface area (Å²) < 4.78 is 1.05. The summed E-state index contributed by atoms with van der Waals surface area (Å²) in [6.07, 6.45) is 4.39. The molecular formula is C16H14BrN5S. The average molecular weight is 388 g/mol. The largest absolute Gasteiger partial charge is 0.312 e. The van der Waals surface area contributed by atoms with E-state index in [0.29, 0.717) is 0 Å². The Hall–Kier alpha value is -1.83. The molecule has 0 fully saturated rings. The highest BCUT2D eigenvalue weighted by molar-refractivity contribution is 9.10. The van der Waals surface area contributed by atoms with Crippen LogP contribution in [0.15, 0.2) is 40.2 Å². The number of nitrogens with zero attached hydrogens (tertiary/aromatic N) is 3. The quantitative estimate of drug-likeness (QED) is 0.532. The molecule has 116 valence electrons. The number of nitrogens with one attached hydrogen (secondary N) is 2. The van der Waals surface area contributed by atoms with Crippen molar-refractivity contribution in [3.63, 3.8) is 0 Å². The third kappa shape index (κ3) is 2.99. The molecule has 0 saturated carbocycles. The van der Waals surface area contributed by atoms with Crippen LogP contribution in [0.1, 0.15) is 16.0 Å². The number of fused-ring (bicyclic) bond motifs is 3. The van der Waals surface area contributed by atoms with Crippen molar-refractivity contribution in [2.45, 2.75) is 13.0 Å². The second kappa shape index (κ2) is 6.35. The molecule has 3 heterocycles. The molecule has 0 saturated heterocycles. The summed E-state index contributed by atoms with van der Waals surface area (Å²) >= 11 is 5.16. The van der Waals surface area contributed by atoms with Gasteiger partial charge in [-0.25, -0.2) is 9.97 Å². The van der Waals surface area contributed by atoms with Crippen molar-refractivity contribution in [3.05, 3.63) is 51.1 Å². The molecule has 5 nitrogen and oxygen atoms in total. The van der Waals surface area contributed by atoms with Crippen molar-refractivity contribution in [1.29, 1.82) is 0 Å². The maximum atomic E-state index is 4.41. The Labute approximate surface area is 146 Å². The molecular weight excluding hydrogens is 374 g/mol. The number of hydrogen-bond acceptors (Lipinski definition) is 6. The van der Waals surface area contributed by atoms with Crippen molar-refractivity contribution < 1.29 is 0 Å². The van der Waals surface area contributed by atoms with Gasteiger partial charge in [0.15, 0.2) is 5.82 Å². The van der Waals surface area contributed by atoms with Gasteiger partial charge in [-0.15, -0.1) is 11.3 Å². The first-order chi connectivity index (χ1) is 11.3. The Kier molecular flexibility index (Phi) is 4.07. The molecule has 0 radical (unpaired) electrons. The van der Waals surface area contributed by atoms with Gasteiger partial charge >= 0.3 is 0 Å². The molecule has 1 aromatic carbocycles. The van der Waals surface area contributed by atoms with Crippen molar-refractivity contribution in [2.75, 3.05) is 12.0 Å². The number of anilines is 1. The maximum absolute atomic E-state index is 4.41. The first-order valence-electron chi connectivity index (χ1n) is 7.32. The Morgan fingerprint density at radius 3 is 3.00 bits per heavy atom. The molecule has 7 heteroatoms. The zero-order chi connectivity index (χ0) is 15.6. The van der Waals surface area contributed by atoms with Gasteiger partial charge in [0.25, 0.3) is 0 Å². The van der Waals surface area contributed by atoms with E-state index in [-0.39, 0.29) is 0 Å². The van der Waals surface area contributed by atoms with E-state index < -0.39 is 0 Å². The van der Waals surface area contributed by atoms with Crippen LogP contribution >= 0.6 is 27.3 Å². The fourth-order valence-corrected chi connectivity index (χ4v) is 4.08. The predicted molar refractivity (Wildman–Crippen MR) is 98.2 cm³/mol. The molecule has 0 unspecified atom stereocenters. The first kappa shape index (κ1) is 14.7. The van der Waals surface area contributed by atoms with E-state index >= 15 is 0 Å². The summed E-state index contributed by atoms with van der Waals surface area (Å²) in [5, 5.41) is 8.84. The van der Waals surface area contributed by atoms with E-state index in [1.165, 1.54) is 10.4 Å². The molecule has 0 atom stereocenters. The van der Waals surface area contributed by atoms with Crippen LogP contribution in [-0.4, -0.2) is 22.7 Å². The lowest BCUT2D eigenvalue weighted by Crippen LogP contribution is -2.22. The molecule has 2 aromatic heterocycles. The number of hydrogen-bond donors (Lipinski definition) is 2. The predicted octanol–water partition coefficient (Wildman–Crippen LogP) is 3.55. The average Bonchev–Trinajstić information content (AvgIpc) is 2.96. The smallest absolute Gasteiger partial charge is 0.158 e. The third-order valence-electron chi connectivity index (χ3n) is 3.76. The minimum atomic E-state index is 0.780. The van der Waals surface area contributed by atoms with Gasteiger partial charge < -0.3 is 5.32 Å². The van der Waals surface area contributed by atoms with E-state index in [4.69, 9.17) is 0 Å². The summed E-state index contributed by atoms with van der Waals surface area (Å²) in [6, 6.07) is 7.99. The second-order valence-corrected chi connectivity index (χ2v) is 7.25. The molecule has 0 bridgehead atoms. The van der Waals surface area contributed by atoms with Crippen molar-refractivity contribution in [3.8, 4) is 0 Å². The standard InChI is InChI=1S/C16H14BrN5S/c17-11-3-1-10(2-4-11)7-21-22-15-14-12-5-6-18-8-13(12)23-16(14)20-9-19-15/h1-4,7,9,18H,5-6,8H2,(H,19,20,22)/b21-7+. The second-order valence-electron chi connectivity index (χ2n) is 5.25. The van der Waals surface area contributed by atoms with Crippen LogP contribution in [0.5, 0.6) is 0 Å². The lowest BCUT2D eigenvalue weighted by molar-refractivity contribution is 0.657. The van der Waals surface area contributed by atoms with E-state index in [2.05, 4.69) is 41.7 Å². The molecule has 0 aliphatic carbocycles. The van der Waals surface area contributed by atoms with Crippen LogP contribution in [0.2, 0.25) is 0 Å². The van der Waals surface area contributed by atoms with Gasteiger partial charge in [-0.1, -0.05) is 28.1 Å². The Morgan fingerprint density at radius 1 is 1.26 bits per heavy atom. The van der Waals surface area contributed by atoms with E-state index in [1.807, 2.05) is 24.3 Å². The molecule has 1 aliphatic rings. The van der Waals surface area contributed by atoms with Crippen LogP contribution in [-0.2, 0) is 13.0 Å². The maximum Gasteiger partial charge on any atom is 0.158 e. The summed E-state index contributed by atoms with van der Waals surface area (Å²) in [4.78, 5) is 11.2. The normalized spacial score (nSPS) is 14.3. The topological polar surface area (TPSA) is 62.2 Å². The van der Waals surface area contributed by atoms with Crippen LogP contribution in [0.4, 0.5) is 5.82 Å². The van der Waals surface area contributed by atoms with E-state index in [1.54, 1.807) is 23.9 Å². The van der Waals surface area contributed by atoms with Crippen molar-refractivity contribution in [2.24, 2.45) is 5.10 Å². The molecule has 4 rings (SSSR count). The fourth-order valence-electron chi connectivity index (χ4n) is 2.66. The van der Waals surface area contributed by atoms with Gasteiger partial charge in [0.1, 0.15) is 11.2 Å². The Bertz CT molecular complexity index is 872. The van der Waals surface area contributed by atoms with Crippen LogP contribution in [0, 0.1) is 0 Å². The minimum Gasteiger partial charge on any atom is -0.312 e. The van der Waals surface area contributed by atoms with Gasteiger partial charge in [0, 0.05) is 15.9 Å². The van der Waals surface area contributed by atoms with Crippen molar-refractivity contribution >= 4 is 49.5 Å². The third-order valence-corrected chi connectivity index (χ3v) is 5.43. The Morgan fingerprint density at radius 2 is 2.13 bits per heavy atom. The lowest BCUT2D eigenvalue weighted by atomic mass is 10.1. The van der Waals surface area contributed by atoms with Gasteiger partial charge in [-0.05, 0) is 36.2 Å². The van der Waals surface area contributed by atoms with Crippen LogP contribution < -0.4 is 10.7 Å². The molecule has 0 amide bonds. The highest BCUT2D eigenvalue weighted by atomic mass is 79.9. The number of thiophene rings is 1. The monoisotopic (exact) mass is 387 g/mol. The molecule has 2 N–H and O–H groups in total. The first-order valence-corrected chi connectivity index (χ1v) is 8.93. The molecule has 3 aromatic rings. The van der Waals surface area contributed by atoms with Crippen molar-refractivity contribution in [1.82, 2.24) is 15.3 Å². The zero-order valence-electron chi connectivity index (χ0n) is 12.2. The zero-order valence-corrected chi connectivity index (χ0v) is 14.6. The fraction of sp³-hybridized carbons (Fsp3) is 0.188. The van der Waals surface area contributed by atoms with Gasteiger partial charge in [0.05, 0.1) is 11.6 Å². The van der Waals surface area contributed by atoms with Gasteiger partial charge in [-0.2, -0.15) is 5.10 Å². The van der Waals surface area contributed by atoms with Gasteiger partial charge in [-0.3, -0.25) is 5.43 Å². The van der Waals surface area contributed by atoms with Gasteiger partial charge in [0.2, 0.25) is 0 Å². The highest BCUT2D eigenvalue weighted by Gasteiger charge is 2.19. The van der Waals surface area contributed by atoms with E-state index in [0.717, 1.165) is 45.6 Å². The summed E-state index contributed by atoms with van der Waals surface area (Å²) in [7, 11) is 0. The summed E-state index contributed by atoms with van der Waals surface area (Å²) in [6.45, 7) is 1.91. The lowest BCUT2D eigenvalue weighted by Gasteiger charge is -2.12. The molecule has 0 spiro atoms. The summed E-state index contributed by atoms with van der Waals surface area (Å²) in [5.41, 5.74) is 5.46. The highest BCUT2D eigenvalue weighted by Crippen LogP contribution is 2.35. The van der Waals surface area contributed by atoms with Crippen LogP contribution in [0.25, 0.3) is 10.2 Å². The van der Waals surface area contributed by atoms with E-state index in [9.17, 15) is 0 Å². The van der Waals surface area contributed by atoms with Crippen LogP contribution in [0.3, 0.4) is 0 Å². The number of aromatic nitrogens is 2. The molecule has 1 aliphatic heterocycles.